The van der Waals surface area contributed by atoms with E-state index >= 15 is 0 Å². The van der Waals surface area contributed by atoms with E-state index in [2.05, 4.69) is 67.1 Å². The van der Waals surface area contributed by atoms with Crippen molar-refractivity contribution in [1.82, 2.24) is 0 Å². The zero-order chi connectivity index (χ0) is 14.6. The third kappa shape index (κ3) is 2.14. The molecule has 0 saturated carbocycles. The number of hydrogen-bond acceptors (Lipinski definition) is 0. The van der Waals surface area contributed by atoms with Crippen LogP contribution in [0.5, 0.6) is 0 Å². The molecule has 105 valence electrons. The molecule has 0 spiro atoms. The van der Waals surface area contributed by atoms with Gasteiger partial charge in [0, 0.05) is 0 Å². The van der Waals surface area contributed by atoms with Gasteiger partial charge in [0.1, 0.15) is 0 Å². The molecule has 0 fully saturated rings. The molecule has 0 amide bonds. The Bertz CT molecular complexity index is 648. The van der Waals surface area contributed by atoms with Crippen LogP contribution >= 0.6 is 17.0 Å². The number of allylic oxidation sites excluding steroid dienone is 5. The Morgan fingerprint density at radius 3 is 2.20 bits per heavy atom. The average Bonchev–Trinajstić information content (AvgIpc) is 3.01. The summed E-state index contributed by atoms with van der Waals surface area (Å²) in [5.74, 6) is 0. The SMILES string of the molecule is Cc1ccc(C)c2c1C=C[CH]2[Zr]([CH3])([Cl])([Cl])[CH]1C=CC=C1. The molecule has 1 unspecified atom stereocenters. The third-order valence-corrected chi connectivity index (χ3v) is 20.0. The summed E-state index contributed by atoms with van der Waals surface area (Å²) >= 11 is -3.95. The fraction of sp³-hybridized carbons (Fsp3) is 0.294. The van der Waals surface area contributed by atoms with Crippen molar-refractivity contribution in [1.29, 1.82) is 0 Å². The molecule has 3 rings (SSSR count). The minimum absolute atomic E-state index is 0.201. The van der Waals surface area contributed by atoms with Crippen molar-refractivity contribution in [3.63, 3.8) is 0 Å². The zero-order valence-electron chi connectivity index (χ0n) is 12.0. The van der Waals surface area contributed by atoms with Gasteiger partial charge in [0.05, 0.1) is 0 Å². The molecule has 0 aromatic heterocycles. The van der Waals surface area contributed by atoms with Gasteiger partial charge in [-0.1, -0.05) is 0 Å². The first-order valence-corrected chi connectivity index (χ1v) is 18.7. The first kappa shape index (κ1) is 14.8. The summed E-state index contributed by atoms with van der Waals surface area (Å²) in [5.41, 5.74) is 5.29. The van der Waals surface area contributed by atoms with Gasteiger partial charge >= 0.3 is 130 Å². The number of rotatable bonds is 2. The molecule has 0 radical (unpaired) electrons. The average molecular weight is 385 g/mol. The summed E-state index contributed by atoms with van der Waals surface area (Å²) in [6.07, 6.45) is 12.9. The maximum absolute atomic E-state index is 7.18. The standard InChI is InChI=1S/C11H11.C5H5.CH3.2ClH.Zr/c1-8-6-7-9(2)11-5-3-4-10(8)11;1-2-4-5-3-1;;;;/h3-7H,1-2H3;1-5H;1H3;2*1H;/q;;;;;+2/p-2. The number of hydrogen-bond donors (Lipinski definition) is 0. The molecular weight excluding hydrogens is 366 g/mol. The van der Waals surface area contributed by atoms with Crippen LogP contribution < -0.4 is 0 Å². The molecule has 0 heterocycles. The second-order valence-electron chi connectivity index (χ2n) is 6.29. The molecule has 20 heavy (non-hydrogen) atoms. The molecule has 0 aliphatic heterocycles. The van der Waals surface area contributed by atoms with Crippen molar-refractivity contribution in [2.75, 3.05) is 0 Å². The van der Waals surface area contributed by atoms with Gasteiger partial charge in [-0.25, -0.2) is 0 Å². The van der Waals surface area contributed by atoms with Crippen LogP contribution in [0.4, 0.5) is 0 Å². The van der Waals surface area contributed by atoms with Gasteiger partial charge in [0.25, 0.3) is 0 Å². The van der Waals surface area contributed by atoms with Gasteiger partial charge in [0.15, 0.2) is 0 Å². The van der Waals surface area contributed by atoms with Crippen LogP contribution in [-0.2, 0) is 16.4 Å². The molecule has 0 N–H and O–H groups in total. The first-order valence-electron chi connectivity index (χ1n) is 7.03. The molecule has 2 aliphatic rings. The van der Waals surface area contributed by atoms with Crippen LogP contribution in [0.15, 0.2) is 42.5 Å². The van der Waals surface area contributed by atoms with E-state index in [-0.39, 0.29) is 7.25 Å². The van der Waals surface area contributed by atoms with Crippen molar-refractivity contribution < 1.29 is 16.4 Å². The summed E-state index contributed by atoms with van der Waals surface area (Å²) in [5, 5.41) is 0. The molecule has 0 saturated heterocycles. The van der Waals surface area contributed by atoms with Crippen LogP contribution in [0.2, 0.25) is 8.26 Å². The second kappa shape index (κ2) is 4.70. The van der Waals surface area contributed by atoms with E-state index < -0.39 is 16.4 Å². The maximum atomic E-state index is 7.18. The fourth-order valence-corrected chi connectivity index (χ4v) is 15.0. The summed E-state index contributed by atoms with van der Waals surface area (Å²) in [6.45, 7) is 4.32. The van der Waals surface area contributed by atoms with Crippen LogP contribution in [0.1, 0.15) is 25.9 Å². The topological polar surface area (TPSA) is 0 Å². The molecule has 3 heteroatoms. The molecule has 2 aliphatic carbocycles. The Kier molecular flexibility index (Phi) is 3.48. The number of fused-ring (bicyclic) bond motifs is 1. The van der Waals surface area contributed by atoms with Crippen LogP contribution in [-0.4, -0.2) is 0 Å². The Morgan fingerprint density at radius 2 is 1.55 bits per heavy atom. The Labute approximate surface area is 129 Å². The molecule has 1 aromatic carbocycles. The molecule has 1 aromatic rings. The van der Waals surface area contributed by atoms with Crippen molar-refractivity contribution in [3.05, 3.63) is 64.8 Å². The van der Waals surface area contributed by atoms with E-state index in [9.17, 15) is 0 Å². The van der Waals surface area contributed by atoms with Gasteiger partial charge in [-0.05, 0) is 0 Å². The van der Waals surface area contributed by atoms with Crippen molar-refractivity contribution in [2.24, 2.45) is 0 Å². The van der Waals surface area contributed by atoms with Gasteiger partial charge in [-0.3, -0.25) is 0 Å². The summed E-state index contributed by atoms with van der Waals surface area (Å²) in [4.78, 5) is 0. The third-order valence-electron chi connectivity index (χ3n) is 4.74. The number of halogens is 2. The van der Waals surface area contributed by atoms with E-state index in [1.807, 2.05) is 0 Å². The van der Waals surface area contributed by atoms with Gasteiger partial charge in [0.2, 0.25) is 0 Å². The summed E-state index contributed by atoms with van der Waals surface area (Å²) in [6, 6.07) is 4.37. The van der Waals surface area contributed by atoms with Crippen LogP contribution in [0.3, 0.4) is 0 Å². The molecule has 0 nitrogen and oxygen atoms in total. The van der Waals surface area contributed by atoms with E-state index in [0.717, 1.165) is 0 Å². The van der Waals surface area contributed by atoms with Crippen molar-refractivity contribution in [3.8, 4) is 0 Å². The van der Waals surface area contributed by atoms with Crippen LogP contribution in [0, 0.1) is 13.8 Å². The van der Waals surface area contributed by atoms with Gasteiger partial charge < -0.3 is 0 Å². The quantitative estimate of drug-likeness (QED) is 0.558. The fourth-order valence-electron chi connectivity index (χ4n) is 3.43. The van der Waals surface area contributed by atoms with E-state index in [0.29, 0.717) is 0 Å². The predicted molar refractivity (Wildman–Crippen MR) is 87.3 cm³/mol. The summed E-state index contributed by atoms with van der Waals surface area (Å²) < 4.78 is 2.58. The number of benzene rings is 1. The van der Waals surface area contributed by atoms with Crippen molar-refractivity contribution >= 4 is 23.1 Å². The molecule has 0 bridgehead atoms. The van der Waals surface area contributed by atoms with Gasteiger partial charge in [-0.15, -0.1) is 0 Å². The Morgan fingerprint density at radius 1 is 0.950 bits per heavy atom. The second-order valence-corrected chi connectivity index (χ2v) is 30.5. The van der Waals surface area contributed by atoms with E-state index in [1.165, 1.54) is 22.3 Å². The Hall–Kier alpha value is -0.0969. The molecular formula is C17H19Cl2Zr. The Balaban J connectivity index is 2.16. The number of aryl methyl sites for hydroxylation is 2. The predicted octanol–water partition coefficient (Wildman–Crippen LogP) is 6.33. The summed E-state index contributed by atoms with van der Waals surface area (Å²) in [7, 11) is 14.4. The monoisotopic (exact) mass is 383 g/mol. The van der Waals surface area contributed by atoms with Gasteiger partial charge in [-0.2, -0.15) is 0 Å². The van der Waals surface area contributed by atoms with Crippen LogP contribution in [0.25, 0.3) is 6.08 Å². The minimum atomic E-state index is -3.95. The zero-order valence-corrected chi connectivity index (χ0v) is 16.0. The van der Waals surface area contributed by atoms with E-state index in [4.69, 9.17) is 17.0 Å². The van der Waals surface area contributed by atoms with Crippen molar-refractivity contribution in [2.45, 2.75) is 25.7 Å². The molecule has 1 atom stereocenters. The normalized spacial score (nSPS) is 23.1. The van der Waals surface area contributed by atoms with E-state index in [1.54, 1.807) is 0 Å². The first-order chi connectivity index (χ1) is 9.30.